The van der Waals surface area contributed by atoms with Crippen molar-refractivity contribution in [2.24, 2.45) is 0 Å². The molecule has 1 saturated carbocycles. The van der Waals surface area contributed by atoms with Gasteiger partial charge in [0.25, 0.3) is 0 Å². The van der Waals surface area contributed by atoms with Crippen molar-refractivity contribution in [3.8, 4) is 5.75 Å². The zero-order valence-corrected chi connectivity index (χ0v) is 16.0. The van der Waals surface area contributed by atoms with Crippen molar-refractivity contribution in [2.45, 2.75) is 44.6 Å². The summed E-state index contributed by atoms with van der Waals surface area (Å²) in [5, 5.41) is 10.8. The SMILES string of the molecule is CCC(Cc1ccccc1)c1cc(O)c(N(c2ccccc2)C2CC2)c(=O)o1. The molecule has 3 aromatic rings. The number of nitrogens with zero attached hydrogens (tertiary/aromatic N) is 1. The maximum atomic E-state index is 12.9. The summed E-state index contributed by atoms with van der Waals surface area (Å²) in [7, 11) is 0. The average molecular weight is 375 g/mol. The van der Waals surface area contributed by atoms with E-state index in [0.717, 1.165) is 31.4 Å². The Hall–Kier alpha value is -3.01. The van der Waals surface area contributed by atoms with Gasteiger partial charge < -0.3 is 14.4 Å². The second-order valence-corrected chi connectivity index (χ2v) is 7.40. The summed E-state index contributed by atoms with van der Waals surface area (Å²) < 4.78 is 5.74. The zero-order chi connectivity index (χ0) is 19.5. The Morgan fingerprint density at radius 3 is 2.29 bits per heavy atom. The lowest BCUT2D eigenvalue weighted by Gasteiger charge is -2.25. The molecular formula is C24H25NO3. The highest BCUT2D eigenvalue weighted by Gasteiger charge is 2.34. The standard InChI is InChI=1S/C24H25NO3/c1-2-18(15-17-9-5-3-6-10-17)22-16-21(26)23(24(27)28-22)25(20-13-14-20)19-11-7-4-8-12-19/h3-12,16,18,20,26H,2,13-15H2,1H3. The Labute approximate surface area is 165 Å². The number of rotatable bonds is 7. The Balaban J connectivity index is 1.69. The molecule has 0 radical (unpaired) electrons. The molecule has 2 aromatic carbocycles. The van der Waals surface area contributed by atoms with Crippen molar-refractivity contribution >= 4 is 11.4 Å². The van der Waals surface area contributed by atoms with Crippen molar-refractivity contribution < 1.29 is 9.52 Å². The molecule has 0 spiro atoms. The van der Waals surface area contributed by atoms with Crippen LogP contribution in [-0.4, -0.2) is 11.1 Å². The van der Waals surface area contributed by atoms with E-state index in [1.54, 1.807) is 6.07 Å². The van der Waals surface area contributed by atoms with Gasteiger partial charge in [-0.15, -0.1) is 0 Å². The van der Waals surface area contributed by atoms with Crippen LogP contribution in [0.3, 0.4) is 0 Å². The fourth-order valence-corrected chi connectivity index (χ4v) is 3.70. The fraction of sp³-hybridized carbons (Fsp3) is 0.292. The van der Waals surface area contributed by atoms with Crippen LogP contribution in [0.4, 0.5) is 11.4 Å². The first-order valence-corrected chi connectivity index (χ1v) is 9.92. The zero-order valence-electron chi connectivity index (χ0n) is 16.0. The molecule has 0 amide bonds. The molecule has 0 saturated heterocycles. The van der Waals surface area contributed by atoms with Crippen LogP contribution in [0.5, 0.6) is 5.75 Å². The van der Waals surface area contributed by atoms with Gasteiger partial charge in [-0.1, -0.05) is 55.5 Å². The van der Waals surface area contributed by atoms with Crippen LogP contribution in [0.2, 0.25) is 0 Å². The van der Waals surface area contributed by atoms with Gasteiger partial charge in [-0.3, -0.25) is 0 Å². The number of para-hydroxylation sites is 1. The molecule has 1 heterocycles. The third-order valence-electron chi connectivity index (χ3n) is 5.33. The highest BCUT2D eigenvalue weighted by Crippen LogP contribution is 2.41. The van der Waals surface area contributed by atoms with E-state index in [1.165, 1.54) is 5.56 Å². The van der Waals surface area contributed by atoms with Gasteiger partial charge in [0.15, 0.2) is 5.69 Å². The van der Waals surface area contributed by atoms with Crippen molar-refractivity contribution in [1.29, 1.82) is 0 Å². The van der Waals surface area contributed by atoms with Gasteiger partial charge in [-0.2, -0.15) is 0 Å². The van der Waals surface area contributed by atoms with E-state index in [9.17, 15) is 9.90 Å². The van der Waals surface area contributed by atoms with E-state index in [2.05, 4.69) is 19.1 Å². The molecule has 0 aliphatic heterocycles. The van der Waals surface area contributed by atoms with E-state index in [4.69, 9.17) is 4.42 Å². The summed E-state index contributed by atoms with van der Waals surface area (Å²) in [6.07, 6.45) is 3.59. The first kappa shape index (κ1) is 18.4. The van der Waals surface area contributed by atoms with Gasteiger partial charge in [0.05, 0.1) is 0 Å². The smallest absolute Gasteiger partial charge is 0.363 e. The third kappa shape index (κ3) is 3.81. The van der Waals surface area contributed by atoms with E-state index in [1.807, 2.05) is 53.4 Å². The largest absolute Gasteiger partial charge is 0.505 e. The average Bonchev–Trinajstić information content (AvgIpc) is 3.55. The van der Waals surface area contributed by atoms with Crippen LogP contribution in [0.1, 0.15) is 43.4 Å². The molecule has 1 aliphatic rings. The molecule has 4 rings (SSSR count). The number of hydrogen-bond acceptors (Lipinski definition) is 4. The third-order valence-corrected chi connectivity index (χ3v) is 5.33. The Morgan fingerprint density at radius 2 is 1.71 bits per heavy atom. The fourth-order valence-electron chi connectivity index (χ4n) is 3.70. The molecule has 0 bridgehead atoms. The second kappa shape index (κ2) is 7.93. The first-order valence-electron chi connectivity index (χ1n) is 9.92. The van der Waals surface area contributed by atoms with E-state index in [-0.39, 0.29) is 23.4 Å². The molecule has 28 heavy (non-hydrogen) atoms. The second-order valence-electron chi connectivity index (χ2n) is 7.40. The van der Waals surface area contributed by atoms with Gasteiger partial charge in [0.2, 0.25) is 0 Å². The van der Waals surface area contributed by atoms with Crippen LogP contribution in [-0.2, 0) is 6.42 Å². The van der Waals surface area contributed by atoms with Gasteiger partial charge in [0, 0.05) is 23.7 Å². The maximum absolute atomic E-state index is 12.9. The molecule has 4 heteroatoms. The molecular weight excluding hydrogens is 350 g/mol. The minimum atomic E-state index is -0.475. The minimum Gasteiger partial charge on any atom is -0.505 e. The first-order chi connectivity index (χ1) is 13.7. The normalized spacial score (nSPS) is 14.6. The van der Waals surface area contributed by atoms with Crippen LogP contribution < -0.4 is 10.5 Å². The van der Waals surface area contributed by atoms with Crippen molar-refractivity contribution in [3.63, 3.8) is 0 Å². The summed E-state index contributed by atoms with van der Waals surface area (Å²) in [5.74, 6) is 0.580. The lowest BCUT2D eigenvalue weighted by Crippen LogP contribution is -2.25. The maximum Gasteiger partial charge on any atom is 0.363 e. The predicted octanol–water partition coefficient (Wildman–Crippen LogP) is 5.38. The highest BCUT2D eigenvalue weighted by molar-refractivity contribution is 5.69. The monoisotopic (exact) mass is 375 g/mol. The number of benzene rings is 2. The number of hydrogen-bond donors (Lipinski definition) is 1. The molecule has 144 valence electrons. The Bertz CT molecular complexity index is 978. The molecule has 1 N–H and O–H groups in total. The van der Waals surface area contributed by atoms with Crippen molar-refractivity contribution in [2.75, 3.05) is 4.90 Å². The van der Waals surface area contributed by atoms with Gasteiger partial charge in [0.1, 0.15) is 11.5 Å². The molecule has 1 unspecified atom stereocenters. The van der Waals surface area contributed by atoms with Crippen molar-refractivity contribution in [1.82, 2.24) is 0 Å². The lowest BCUT2D eigenvalue weighted by molar-refractivity contribution is 0.394. The summed E-state index contributed by atoms with van der Waals surface area (Å²) in [6, 6.07) is 21.7. The summed E-state index contributed by atoms with van der Waals surface area (Å²) in [6.45, 7) is 2.07. The molecule has 1 aliphatic carbocycles. The van der Waals surface area contributed by atoms with Crippen LogP contribution in [0.15, 0.2) is 75.9 Å². The highest BCUT2D eigenvalue weighted by atomic mass is 16.4. The van der Waals surface area contributed by atoms with Gasteiger partial charge in [-0.25, -0.2) is 4.79 Å². The Morgan fingerprint density at radius 1 is 1.07 bits per heavy atom. The molecule has 1 atom stereocenters. The van der Waals surface area contributed by atoms with Gasteiger partial charge in [-0.05, 0) is 43.4 Å². The summed E-state index contributed by atoms with van der Waals surface area (Å²) in [5.41, 5.74) is 1.85. The summed E-state index contributed by atoms with van der Waals surface area (Å²) in [4.78, 5) is 14.8. The predicted molar refractivity (Wildman–Crippen MR) is 111 cm³/mol. The Kier molecular flexibility index (Phi) is 5.20. The number of anilines is 2. The quantitative estimate of drug-likeness (QED) is 0.602. The van der Waals surface area contributed by atoms with E-state index < -0.39 is 5.63 Å². The van der Waals surface area contributed by atoms with E-state index >= 15 is 0 Å². The van der Waals surface area contributed by atoms with Crippen LogP contribution in [0.25, 0.3) is 0 Å². The van der Waals surface area contributed by atoms with Gasteiger partial charge >= 0.3 is 5.63 Å². The topological polar surface area (TPSA) is 53.7 Å². The number of aromatic hydroxyl groups is 1. The van der Waals surface area contributed by atoms with Crippen LogP contribution in [0, 0.1) is 0 Å². The van der Waals surface area contributed by atoms with E-state index in [0.29, 0.717) is 5.76 Å². The molecule has 1 fully saturated rings. The van der Waals surface area contributed by atoms with Crippen molar-refractivity contribution in [3.05, 3.63) is 88.5 Å². The molecule has 1 aromatic heterocycles. The molecule has 4 nitrogen and oxygen atoms in total. The van der Waals surface area contributed by atoms with Crippen LogP contribution >= 0.6 is 0 Å². The summed E-state index contributed by atoms with van der Waals surface area (Å²) >= 11 is 0. The lowest BCUT2D eigenvalue weighted by atomic mass is 9.94. The minimum absolute atomic E-state index is 0.00600.